The minimum atomic E-state index is -1.35. The van der Waals surface area contributed by atoms with Crippen molar-refractivity contribution in [1.29, 1.82) is 0 Å². The van der Waals surface area contributed by atoms with Crippen molar-refractivity contribution in [2.75, 3.05) is 0 Å². The Balaban J connectivity index is 2.85. The van der Waals surface area contributed by atoms with Gasteiger partial charge in [0, 0.05) is 0 Å². The van der Waals surface area contributed by atoms with Gasteiger partial charge in [0.2, 0.25) is 0 Å². The van der Waals surface area contributed by atoms with E-state index >= 15 is 0 Å². The maximum atomic E-state index is 11.6. The average Bonchev–Trinajstić information content (AvgIpc) is 2.16. The largest absolute Gasteiger partial charge is 0.480 e. The monoisotopic (exact) mass is 242 g/mol. The minimum absolute atomic E-state index is 0.0850. The van der Waals surface area contributed by atoms with E-state index < -0.39 is 17.4 Å². The highest BCUT2D eigenvalue weighted by Crippen LogP contribution is 2.07. The van der Waals surface area contributed by atoms with Crippen LogP contribution in [0.3, 0.4) is 0 Å². The van der Waals surface area contributed by atoms with Crippen LogP contribution in [0.4, 0.5) is 0 Å². The third-order valence-electron chi connectivity index (χ3n) is 1.91. The molecule has 0 aliphatic heterocycles. The van der Waals surface area contributed by atoms with Gasteiger partial charge in [0.05, 0.1) is 0 Å². The lowest BCUT2D eigenvalue weighted by Gasteiger charge is -2.20. The molecule has 0 radical (unpaired) electrons. The predicted molar refractivity (Wildman–Crippen MR) is 58.4 cm³/mol. The molecule has 1 rings (SSSR count). The number of nitrogens with one attached hydrogen (secondary N) is 1. The Bertz CT molecular complexity index is 432. The van der Waals surface area contributed by atoms with E-state index in [4.69, 9.17) is 16.7 Å². The first-order valence-corrected chi connectivity index (χ1v) is 4.89. The van der Waals surface area contributed by atoms with Crippen LogP contribution in [-0.2, 0) is 4.79 Å². The van der Waals surface area contributed by atoms with Crippen LogP contribution in [0.15, 0.2) is 18.2 Å². The molecular formula is C10H11ClN2O3. The summed E-state index contributed by atoms with van der Waals surface area (Å²) in [6, 6.07) is 4.55. The molecule has 1 amide bonds. The van der Waals surface area contributed by atoms with Gasteiger partial charge < -0.3 is 10.4 Å². The van der Waals surface area contributed by atoms with Crippen LogP contribution in [-0.4, -0.2) is 27.5 Å². The van der Waals surface area contributed by atoms with Gasteiger partial charge in [-0.1, -0.05) is 17.7 Å². The number of rotatable bonds is 3. The van der Waals surface area contributed by atoms with E-state index in [1.54, 1.807) is 6.07 Å². The second-order valence-corrected chi connectivity index (χ2v) is 4.12. The van der Waals surface area contributed by atoms with Crippen molar-refractivity contribution in [3.63, 3.8) is 0 Å². The minimum Gasteiger partial charge on any atom is -0.480 e. The van der Waals surface area contributed by atoms with Gasteiger partial charge in [-0.2, -0.15) is 0 Å². The Labute approximate surface area is 97.4 Å². The molecule has 0 aliphatic rings. The lowest BCUT2D eigenvalue weighted by molar-refractivity contribution is -0.143. The fraction of sp³-hybridized carbons (Fsp3) is 0.300. The Morgan fingerprint density at radius 1 is 1.44 bits per heavy atom. The molecule has 0 spiro atoms. The predicted octanol–water partition coefficient (Wildman–Crippen LogP) is 1.33. The maximum absolute atomic E-state index is 11.6. The van der Waals surface area contributed by atoms with Gasteiger partial charge in [-0.05, 0) is 26.0 Å². The van der Waals surface area contributed by atoms with Crippen LogP contribution in [0.1, 0.15) is 24.3 Å². The standard InChI is InChI=1S/C10H11ClN2O3/c1-10(2,9(15)16)13-8(14)6-4-3-5-7(11)12-6/h3-5H,1-2H3,(H,13,14)(H,15,16). The van der Waals surface area contributed by atoms with Gasteiger partial charge in [-0.15, -0.1) is 0 Å². The second kappa shape index (κ2) is 4.49. The molecule has 2 N–H and O–H groups in total. The van der Waals surface area contributed by atoms with E-state index in [1.807, 2.05) is 0 Å². The third kappa shape index (κ3) is 2.93. The number of carboxylic acids is 1. The van der Waals surface area contributed by atoms with E-state index in [0.717, 1.165) is 0 Å². The summed E-state index contributed by atoms with van der Waals surface area (Å²) in [5.74, 6) is -1.70. The normalized spacial score (nSPS) is 10.9. The highest BCUT2D eigenvalue weighted by Gasteiger charge is 2.29. The molecule has 86 valence electrons. The van der Waals surface area contributed by atoms with E-state index in [0.29, 0.717) is 0 Å². The summed E-state index contributed by atoms with van der Waals surface area (Å²) in [6.45, 7) is 2.77. The molecule has 0 aliphatic carbocycles. The van der Waals surface area contributed by atoms with Gasteiger partial charge in [-0.25, -0.2) is 9.78 Å². The van der Waals surface area contributed by atoms with Crippen molar-refractivity contribution < 1.29 is 14.7 Å². The van der Waals surface area contributed by atoms with Gasteiger partial charge in [0.15, 0.2) is 0 Å². The summed E-state index contributed by atoms with van der Waals surface area (Å²) in [5, 5.41) is 11.4. The topological polar surface area (TPSA) is 79.3 Å². The first kappa shape index (κ1) is 12.4. The fourth-order valence-electron chi connectivity index (χ4n) is 0.936. The first-order chi connectivity index (χ1) is 7.33. The van der Waals surface area contributed by atoms with E-state index in [-0.39, 0.29) is 10.8 Å². The Hall–Kier alpha value is -1.62. The third-order valence-corrected chi connectivity index (χ3v) is 2.12. The van der Waals surface area contributed by atoms with Gasteiger partial charge in [-0.3, -0.25) is 4.79 Å². The Morgan fingerprint density at radius 2 is 2.06 bits per heavy atom. The Kier molecular flexibility index (Phi) is 3.49. The van der Waals surface area contributed by atoms with Gasteiger partial charge in [0.1, 0.15) is 16.4 Å². The number of aliphatic carboxylic acids is 1. The van der Waals surface area contributed by atoms with Crippen molar-refractivity contribution in [2.24, 2.45) is 0 Å². The molecule has 0 saturated carbocycles. The number of halogens is 1. The molecule has 0 unspecified atom stereocenters. The summed E-state index contributed by atoms with van der Waals surface area (Å²) in [6.07, 6.45) is 0. The smallest absolute Gasteiger partial charge is 0.328 e. The second-order valence-electron chi connectivity index (χ2n) is 3.73. The van der Waals surface area contributed by atoms with Crippen LogP contribution in [0, 0.1) is 0 Å². The number of carboxylic acid groups (broad SMARTS) is 1. The molecule has 0 saturated heterocycles. The lowest BCUT2D eigenvalue weighted by atomic mass is 10.1. The molecule has 6 heteroatoms. The summed E-state index contributed by atoms with van der Waals surface area (Å²) in [5.41, 5.74) is -1.26. The van der Waals surface area contributed by atoms with Crippen LogP contribution in [0.25, 0.3) is 0 Å². The number of aromatic nitrogens is 1. The first-order valence-electron chi connectivity index (χ1n) is 4.51. The van der Waals surface area contributed by atoms with Crippen molar-refractivity contribution >= 4 is 23.5 Å². The SMILES string of the molecule is CC(C)(NC(=O)c1cccc(Cl)n1)C(=O)O. The molecule has 0 bridgehead atoms. The fourth-order valence-corrected chi connectivity index (χ4v) is 1.10. The van der Waals surface area contributed by atoms with Crippen LogP contribution in [0.2, 0.25) is 5.15 Å². The average molecular weight is 243 g/mol. The lowest BCUT2D eigenvalue weighted by Crippen LogP contribution is -2.49. The van der Waals surface area contributed by atoms with Crippen LogP contribution >= 0.6 is 11.6 Å². The number of pyridine rings is 1. The molecule has 1 heterocycles. The quantitative estimate of drug-likeness (QED) is 0.784. The van der Waals surface area contributed by atoms with Crippen molar-refractivity contribution in [1.82, 2.24) is 10.3 Å². The highest BCUT2D eigenvalue weighted by atomic mass is 35.5. The zero-order valence-electron chi connectivity index (χ0n) is 8.82. The molecule has 16 heavy (non-hydrogen) atoms. The molecule has 0 fully saturated rings. The summed E-state index contributed by atoms with van der Waals surface area (Å²) < 4.78 is 0. The maximum Gasteiger partial charge on any atom is 0.328 e. The molecule has 1 aromatic heterocycles. The molecule has 0 aromatic carbocycles. The molecule has 5 nitrogen and oxygen atoms in total. The van der Waals surface area contributed by atoms with E-state index in [9.17, 15) is 9.59 Å². The number of nitrogens with zero attached hydrogens (tertiary/aromatic N) is 1. The van der Waals surface area contributed by atoms with Gasteiger partial charge in [0.25, 0.3) is 5.91 Å². The van der Waals surface area contributed by atoms with E-state index in [1.165, 1.54) is 26.0 Å². The number of carbonyl (C=O) groups is 2. The van der Waals surface area contributed by atoms with Gasteiger partial charge >= 0.3 is 5.97 Å². The van der Waals surface area contributed by atoms with Crippen molar-refractivity contribution in [2.45, 2.75) is 19.4 Å². The number of carbonyl (C=O) groups excluding carboxylic acids is 1. The zero-order chi connectivity index (χ0) is 12.3. The van der Waals surface area contributed by atoms with Crippen molar-refractivity contribution in [3.8, 4) is 0 Å². The number of hydrogen-bond donors (Lipinski definition) is 2. The van der Waals surface area contributed by atoms with E-state index in [2.05, 4.69) is 10.3 Å². The number of amides is 1. The van der Waals surface area contributed by atoms with Crippen molar-refractivity contribution in [3.05, 3.63) is 29.0 Å². The van der Waals surface area contributed by atoms with Crippen LogP contribution < -0.4 is 5.32 Å². The Morgan fingerprint density at radius 3 is 2.56 bits per heavy atom. The molecule has 0 atom stereocenters. The molecular weight excluding hydrogens is 232 g/mol. The summed E-state index contributed by atoms with van der Waals surface area (Å²) in [4.78, 5) is 26.2. The zero-order valence-corrected chi connectivity index (χ0v) is 9.58. The summed E-state index contributed by atoms with van der Waals surface area (Å²) in [7, 11) is 0. The number of hydrogen-bond acceptors (Lipinski definition) is 3. The molecule has 1 aromatic rings. The highest BCUT2D eigenvalue weighted by molar-refractivity contribution is 6.29. The summed E-state index contributed by atoms with van der Waals surface area (Å²) >= 11 is 5.62. The van der Waals surface area contributed by atoms with Crippen LogP contribution in [0.5, 0.6) is 0 Å².